The normalized spacial score (nSPS) is 14.7. The van der Waals surface area contributed by atoms with Gasteiger partial charge in [0.1, 0.15) is 0 Å². The molecule has 2 aromatic rings. The van der Waals surface area contributed by atoms with Crippen molar-refractivity contribution >= 4 is 18.0 Å². The molecule has 116 valence electrons. The maximum atomic E-state index is 12.2. The Bertz CT molecular complexity index is 764. The summed E-state index contributed by atoms with van der Waals surface area (Å²) in [6.45, 7) is 6.44. The summed E-state index contributed by atoms with van der Waals surface area (Å²) in [5.74, 6) is -0.763. The fraction of sp³-hybridized carbons (Fsp3) is 0.211. The van der Waals surface area contributed by atoms with E-state index in [4.69, 9.17) is 0 Å². The van der Waals surface area contributed by atoms with Gasteiger partial charge < -0.3 is 0 Å². The van der Waals surface area contributed by atoms with E-state index in [1.807, 2.05) is 24.3 Å². The van der Waals surface area contributed by atoms with E-state index in [-0.39, 0.29) is 17.2 Å². The van der Waals surface area contributed by atoms with Crippen LogP contribution in [0.4, 0.5) is 0 Å². The molecular formula is C19H18N2O2. The van der Waals surface area contributed by atoms with Gasteiger partial charge in [0.15, 0.2) is 0 Å². The third kappa shape index (κ3) is 2.80. The number of rotatable bonds is 2. The third-order valence-corrected chi connectivity index (χ3v) is 3.87. The smallest absolute Gasteiger partial charge is 0.267 e. The zero-order valence-corrected chi connectivity index (χ0v) is 13.4. The minimum absolute atomic E-state index is 0.0815. The Kier molecular flexibility index (Phi) is 3.60. The molecule has 2 aromatic carbocycles. The third-order valence-electron chi connectivity index (χ3n) is 3.87. The van der Waals surface area contributed by atoms with Gasteiger partial charge in [-0.3, -0.25) is 9.59 Å². The minimum Gasteiger partial charge on any atom is -0.267 e. The number of carbonyl (C=O) groups excluding carboxylic acids is 2. The molecular weight excluding hydrogens is 288 g/mol. The average molecular weight is 306 g/mol. The van der Waals surface area contributed by atoms with E-state index < -0.39 is 0 Å². The van der Waals surface area contributed by atoms with Crippen LogP contribution in [-0.2, 0) is 5.41 Å². The van der Waals surface area contributed by atoms with Crippen LogP contribution in [0, 0.1) is 0 Å². The Morgan fingerprint density at radius 3 is 1.87 bits per heavy atom. The van der Waals surface area contributed by atoms with Crippen molar-refractivity contribution in [1.82, 2.24) is 5.01 Å². The highest BCUT2D eigenvalue weighted by atomic mass is 16.2. The minimum atomic E-state index is -0.381. The number of hydrogen-bond donors (Lipinski definition) is 0. The van der Waals surface area contributed by atoms with E-state index >= 15 is 0 Å². The van der Waals surface area contributed by atoms with Gasteiger partial charge in [-0.25, -0.2) is 0 Å². The summed E-state index contributed by atoms with van der Waals surface area (Å²) in [6.07, 6.45) is 1.54. The summed E-state index contributed by atoms with van der Waals surface area (Å²) in [6, 6.07) is 14.7. The molecule has 23 heavy (non-hydrogen) atoms. The van der Waals surface area contributed by atoms with Gasteiger partial charge in [-0.15, -0.1) is 0 Å². The Morgan fingerprint density at radius 2 is 1.39 bits per heavy atom. The summed E-state index contributed by atoms with van der Waals surface area (Å²) in [4.78, 5) is 24.4. The molecule has 0 aromatic heterocycles. The SMILES string of the molecule is CC(C)(C)c1ccc(C=NN2C(=O)c3ccccc3C2=O)cc1. The van der Waals surface area contributed by atoms with E-state index in [2.05, 4.69) is 25.9 Å². The Labute approximate surface area is 135 Å². The van der Waals surface area contributed by atoms with E-state index in [0.29, 0.717) is 11.1 Å². The average Bonchev–Trinajstić information content (AvgIpc) is 2.77. The summed E-state index contributed by atoms with van der Waals surface area (Å²) in [7, 11) is 0. The van der Waals surface area contributed by atoms with Crippen molar-refractivity contribution in [2.24, 2.45) is 5.10 Å². The molecule has 0 N–H and O–H groups in total. The lowest BCUT2D eigenvalue weighted by molar-refractivity contribution is 0.0660. The maximum absolute atomic E-state index is 12.2. The lowest BCUT2D eigenvalue weighted by atomic mass is 9.87. The number of imide groups is 1. The van der Waals surface area contributed by atoms with Gasteiger partial charge in [0.05, 0.1) is 17.3 Å². The predicted octanol–water partition coefficient (Wildman–Crippen LogP) is 3.61. The van der Waals surface area contributed by atoms with Crippen molar-refractivity contribution in [2.45, 2.75) is 26.2 Å². The zero-order chi connectivity index (χ0) is 16.6. The van der Waals surface area contributed by atoms with Crippen molar-refractivity contribution in [3.8, 4) is 0 Å². The van der Waals surface area contributed by atoms with Crippen LogP contribution in [0.15, 0.2) is 53.6 Å². The highest BCUT2D eigenvalue weighted by Gasteiger charge is 2.35. The Morgan fingerprint density at radius 1 is 0.870 bits per heavy atom. The standard InChI is InChI=1S/C19H18N2O2/c1-19(2,3)14-10-8-13(9-11-14)12-20-21-17(22)15-6-4-5-7-16(15)18(21)23/h4-12H,1-3H3. The molecule has 3 rings (SSSR count). The van der Waals surface area contributed by atoms with Crippen molar-refractivity contribution in [2.75, 3.05) is 0 Å². The molecule has 0 aliphatic carbocycles. The summed E-state index contributed by atoms with van der Waals surface area (Å²) >= 11 is 0. The topological polar surface area (TPSA) is 49.7 Å². The van der Waals surface area contributed by atoms with Crippen LogP contribution in [0.5, 0.6) is 0 Å². The monoisotopic (exact) mass is 306 g/mol. The number of fused-ring (bicyclic) bond motifs is 1. The molecule has 0 radical (unpaired) electrons. The first kappa shape index (κ1) is 15.2. The number of amides is 2. The molecule has 0 saturated heterocycles. The van der Waals surface area contributed by atoms with Gasteiger partial charge in [0.25, 0.3) is 11.8 Å². The van der Waals surface area contributed by atoms with Gasteiger partial charge in [-0.2, -0.15) is 10.1 Å². The number of hydrazone groups is 1. The van der Waals surface area contributed by atoms with Crippen molar-refractivity contribution in [3.63, 3.8) is 0 Å². The lowest BCUT2D eigenvalue weighted by Gasteiger charge is -2.18. The van der Waals surface area contributed by atoms with Gasteiger partial charge in [-0.05, 0) is 28.7 Å². The molecule has 0 unspecified atom stereocenters. The van der Waals surface area contributed by atoms with Crippen LogP contribution in [0.25, 0.3) is 0 Å². The second-order valence-corrected chi connectivity index (χ2v) is 6.58. The Balaban J connectivity index is 1.82. The predicted molar refractivity (Wildman–Crippen MR) is 89.7 cm³/mol. The number of benzene rings is 2. The van der Waals surface area contributed by atoms with Crippen molar-refractivity contribution in [3.05, 3.63) is 70.8 Å². The molecule has 0 bridgehead atoms. The van der Waals surface area contributed by atoms with Crippen molar-refractivity contribution in [1.29, 1.82) is 0 Å². The molecule has 0 fully saturated rings. The molecule has 1 heterocycles. The van der Waals surface area contributed by atoms with Crippen LogP contribution < -0.4 is 0 Å². The first-order chi connectivity index (χ1) is 10.9. The first-order valence-electron chi connectivity index (χ1n) is 7.50. The molecule has 2 amide bonds. The van der Waals surface area contributed by atoms with Crippen LogP contribution in [0.1, 0.15) is 52.6 Å². The van der Waals surface area contributed by atoms with E-state index in [1.165, 1.54) is 11.8 Å². The van der Waals surface area contributed by atoms with Gasteiger partial charge in [0.2, 0.25) is 0 Å². The second-order valence-electron chi connectivity index (χ2n) is 6.58. The summed E-state index contributed by atoms with van der Waals surface area (Å²) in [5.41, 5.74) is 2.94. The molecule has 4 heteroatoms. The van der Waals surface area contributed by atoms with Crippen LogP contribution in [-0.4, -0.2) is 23.0 Å². The van der Waals surface area contributed by atoms with Gasteiger partial charge >= 0.3 is 0 Å². The highest BCUT2D eigenvalue weighted by Crippen LogP contribution is 2.23. The molecule has 0 atom stereocenters. The maximum Gasteiger partial charge on any atom is 0.282 e. The molecule has 1 aliphatic rings. The molecule has 1 aliphatic heterocycles. The van der Waals surface area contributed by atoms with E-state index in [1.54, 1.807) is 24.3 Å². The summed E-state index contributed by atoms with van der Waals surface area (Å²) in [5, 5.41) is 4.99. The summed E-state index contributed by atoms with van der Waals surface area (Å²) < 4.78 is 0. The number of hydrogen-bond acceptors (Lipinski definition) is 3. The largest absolute Gasteiger partial charge is 0.282 e. The van der Waals surface area contributed by atoms with Crippen molar-refractivity contribution < 1.29 is 9.59 Å². The molecule has 4 nitrogen and oxygen atoms in total. The number of carbonyl (C=O) groups is 2. The quantitative estimate of drug-likeness (QED) is 0.628. The second kappa shape index (κ2) is 5.47. The van der Waals surface area contributed by atoms with Gasteiger partial charge in [-0.1, -0.05) is 57.2 Å². The zero-order valence-electron chi connectivity index (χ0n) is 13.4. The molecule has 0 saturated carbocycles. The van der Waals surface area contributed by atoms with Crippen LogP contribution in [0.2, 0.25) is 0 Å². The van der Waals surface area contributed by atoms with Crippen LogP contribution >= 0.6 is 0 Å². The highest BCUT2D eigenvalue weighted by molar-refractivity contribution is 6.21. The van der Waals surface area contributed by atoms with E-state index in [9.17, 15) is 9.59 Å². The van der Waals surface area contributed by atoms with E-state index in [0.717, 1.165) is 10.6 Å². The van der Waals surface area contributed by atoms with Crippen LogP contribution in [0.3, 0.4) is 0 Å². The Hall–Kier alpha value is -2.75. The molecule has 0 spiro atoms. The lowest BCUT2D eigenvalue weighted by Crippen LogP contribution is -2.24. The first-order valence-corrected chi connectivity index (χ1v) is 7.50. The fourth-order valence-corrected chi connectivity index (χ4v) is 2.47. The fourth-order valence-electron chi connectivity index (χ4n) is 2.47. The number of nitrogens with zero attached hydrogens (tertiary/aromatic N) is 2. The van der Waals surface area contributed by atoms with Gasteiger partial charge in [0, 0.05) is 0 Å².